The molecule has 1 unspecified atom stereocenters. The minimum Gasteiger partial charge on any atom is -0.497 e. The minimum atomic E-state index is -1.04. The molecule has 3 aliphatic rings. The molecule has 0 spiro atoms. The van der Waals surface area contributed by atoms with Crippen LogP contribution in [-0.4, -0.2) is 63.9 Å². The van der Waals surface area contributed by atoms with Gasteiger partial charge >= 0.3 is 5.97 Å². The minimum absolute atomic E-state index is 0.177. The smallest absolute Gasteiger partial charge is 0.304 e. The number of methoxy groups -OCH3 is 1. The number of carbonyl (C=O) groups is 3. The van der Waals surface area contributed by atoms with Crippen LogP contribution in [0.5, 0.6) is 11.6 Å². The molecule has 2 saturated carbocycles. The van der Waals surface area contributed by atoms with Crippen LogP contribution < -0.4 is 9.47 Å². The van der Waals surface area contributed by atoms with Crippen LogP contribution in [0.4, 0.5) is 0 Å². The summed E-state index contributed by atoms with van der Waals surface area (Å²) >= 11 is 0. The number of unbranched alkanes of at least 4 members (excludes halogenated alkanes) is 2. The van der Waals surface area contributed by atoms with Crippen LogP contribution >= 0.6 is 0 Å². The fourth-order valence-electron chi connectivity index (χ4n) is 6.90. The Hall–Kier alpha value is -3.23. The Morgan fingerprint density at radius 3 is 2.55 bits per heavy atom. The second-order valence-electron chi connectivity index (χ2n) is 14.5. The fourth-order valence-corrected chi connectivity index (χ4v) is 6.90. The van der Waals surface area contributed by atoms with Gasteiger partial charge in [-0.25, -0.2) is 9.97 Å². The molecule has 44 heavy (non-hydrogen) atoms. The Morgan fingerprint density at radius 2 is 1.89 bits per heavy atom. The van der Waals surface area contributed by atoms with Gasteiger partial charge in [-0.1, -0.05) is 59.8 Å². The molecule has 1 aromatic carbocycles. The summed E-state index contributed by atoms with van der Waals surface area (Å²) in [5.74, 6) is 1.57. The molecule has 9 nitrogen and oxygen atoms in total. The van der Waals surface area contributed by atoms with Gasteiger partial charge < -0.3 is 24.3 Å². The molecule has 1 saturated heterocycles. The van der Waals surface area contributed by atoms with Crippen molar-refractivity contribution in [2.45, 2.75) is 104 Å². The Balaban J connectivity index is 1.29. The first-order valence-corrected chi connectivity index (χ1v) is 16.5. The lowest BCUT2D eigenvalue weighted by Gasteiger charge is -2.33. The molecule has 3 fully saturated rings. The molecule has 9 heteroatoms. The highest BCUT2D eigenvalue weighted by Crippen LogP contribution is 2.50. The molecule has 2 heterocycles. The zero-order chi connectivity index (χ0) is 31.6. The highest BCUT2D eigenvalue weighted by Gasteiger charge is 2.47. The fraction of sp³-hybridized carbons (Fsp3) is 0.686. The second kappa shape index (κ2) is 13.4. The molecular formula is C35H49N3O6. The average Bonchev–Trinajstić information content (AvgIpc) is 3.91. The summed E-state index contributed by atoms with van der Waals surface area (Å²) in [6, 6.07) is 4.88. The number of hydrogen-bond acceptors (Lipinski definition) is 7. The summed E-state index contributed by atoms with van der Waals surface area (Å²) in [4.78, 5) is 48.9. The molecule has 1 amide bonds. The lowest BCUT2D eigenvalue weighted by molar-refractivity contribution is -0.149. The number of hydrogen-bond donors (Lipinski definition) is 1. The number of carboxylic acid groups (broad SMARTS) is 1. The van der Waals surface area contributed by atoms with Gasteiger partial charge in [-0.3, -0.25) is 9.59 Å². The summed E-state index contributed by atoms with van der Waals surface area (Å²) in [6.07, 6.45) is 11.1. The standard InChI is InChI=1S/C35H49N3O6/c1-21-30(20-39)38(34(42)26(18-32(40)41)35(2,3)4)19-31(21)44-33-28(36-27-14-13-25(43-5)17-29(27)37-33)10-8-6-7-9-23-16-24(23)15-22-11-12-22/h13-14,17,20-24,26,30-31H,6-12,15-16,18-19H2,1-5H3,(H,40,41)/t21-,23+,24?,26+,30+,31-/m0/s1. The average molecular weight is 608 g/mol. The maximum Gasteiger partial charge on any atom is 0.304 e. The van der Waals surface area contributed by atoms with Crippen LogP contribution in [0.25, 0.3) is 11.0 Å². The Labute approximate surface area is 261 Å². The van der Waals surface area contributed by atoms with Crippen molar-refractivity contribution in [3.05, 3.63) is 23.9 Å². The van der Waals surface area contributed by atoms with Crippen molar-refractivity contribution in [1.82, 2.24) is 14.9 Å². The third-order valence-corrected chi connectivity index (χ3v) is 10.1. The van der Waals surface area contributed by atoms with Crippen LogP contribution in [0.15, 0.2) is 18.2 Å². The number of aldehydes is 1. The summed E-state index contributed by atoms with van der Waals surface area (Å²) < 4.78 is 11.9. The summed E-state index contributed by atoms with van der Waals surface area (Å²) in [6.45, 7) is 7.63. The van der Waals surface area contributed by atoms with Gasteiger partial charge in [0.15, 0.2) is 0 Å². The maximum absolute atomic E-state index is 13.7. The van der Waals surface area contributed by atoms with Gasteiger partial charge in [0.2, 0.25) is 11.8 Å². The first kappa shape index (κ1) is 32.2. The zero-order valence-electron chi connectivity index (χ0n) is 27.0. The highest BCUT2D eigenvalue weighted by molar-refractivity contribution is 5.86. The molecule has 0 bridgehead atoms. The van der Waals surface area contributed by atoms with Gasteiger partial charge in [0.05, 0.1) is 43.1 Å². The third-order valence-electron chi connectivity index (χ3n) is 10.1. The van der Waals surface area contributed by atoms with E-state index in [4.69, 9.17) is 19.4 Å². The van der Waals surface area contributed by atoms with Gasteiger partial charge in [-0.15, -0.1) is 0 Å². The van der Waals surface area contributed by atoms with Gasteiger partial charge in [0, 0.05) is 12.0 Å². The van der Waals surface area contributed by atoms with E-state index < -0.39 is 29.4 Å². The lowest BCUT2D eigenvalue weighted by atomic mass is 9.77. The number of carboxylic acids is 1. The van der Waals surface area contributed by atoms with E-state index in [1.165, 1.54) is 43.4 Å². The number of fused-ring (bicyclic) bond motifs is 1. The predicted molar refractivity (Wildman–Crippen MR) is 168 cm³/mol. The van der Waals surface area contributed by atoms with Crippen LogP contribution in [0, 0.1) is 35.0 Å². The second-order valence-corrected chi connectivity index (χ2v) is 14.5. The van der Waals surface area contributed by atoms with Crippen LogP contribution in [-0.2, 0) is 20.8 Å². The summed E-state index contributed by atoms with van der Waals surface area (Å²) in [7, 11) is 1.61. The summed E-state index contributed by atoms with van der Waals surface area (Å²) in [5.41, 5.74) is 1.61. The van der Waals surface area contributed by atoms with E-state index in [9.17, 15) is 19.5 Å². The van der Waals surface area contributed by atoms with Crippen LogP contribution in [0.3, 0.4) is 0 Å². The molecule has 0 radical (unpaired) electrons. The Bertz CT molecular complexity index is 1350. The number of amides is 1. The Kier molecular flexibility index (Phi) is 9.80. The number of aliphatic carboxylic acids is 1. The SMILES string of the molecule is COc1ccc2nc(CCCCC[C@@H]3CC3CC3CC3)c(O[C@H]3CN(C(=O)[C@@H](CC(=O)O)C(C)(C)C)[C@H](C=O)[C@@H]3C)nc2c1. The van der Waals surface area contributed by atoms with Crippen molar-refractivity contribution >= 4 is 29.2 Å². The number of ether oxygens (including phenoxy) is 2. The highest BCUT2D eigenvalue weighted by atomic mass is 16.5. The predicted octanol–water partition coefficient (Wildman–Crippen LogP) is 6.11. The molecule has 5 rings (SSSR count). The van der Waals surface area contributed by atoms with E-state index >= 15 is 0 Å². The summed E-state index contributed by atoms with van der Waals surface area (Å²) in [5, 5.41) is 9.51. The molecule has 1 aliphatic heterocycles. The van der Waals surface area contributed by atoms with Gasteiger partial charge in [-0.2, -0.15) is 0 Å². The van der Waals surface area contributed by atoms with E-state index in [-0.39, 0.29) is 24.8 Å². The molecule has 1 N–H and O–H groups in total. The molecule has 2 aliphatic carbocycles. The number of carbonyl (C=O) groups excluding carboxylic acids is 2. The van der Waals surface area contributed by atoms with E-state index in [1.54, 1.807) is 7.11 Å². The van der Waals surface area contributed by atoms with Crippen molar-refractivity contribution in [2.24, 2.45) is 35.0 Å². The van der Waals surface area contributed by atoms with Crippen molar-refractivity contribution in [3.63, 3.8) is 0 Å². The number of nitrogens with zero attached hydrogens (tertiary/aromatic N) is 3. The number of likely N-dealkylation sites (tertiary alicyclic amines) is 1. The Morgan fingerprint density at radius 1 is 1.11 bits per heavy atom. The van der Waals surface area contributed by atoms with Crippen LogP contribution in [0.2, 0.25) is 0 Å². The number of rotatable bonds is 15. The monoisotopic (exact) mass is 607 g/mol. The largest absolute Gasteiger partial charge is 0.497 e. The van der Waals surface area contributed by atoms with Gasteiger partial charge in [-0.05, 0) is 61.0 Å². The van der Waals surface area contributed by atoms with Crippen molar-refractivity contribution in [3.8, 4) is 11.6 Å². The first-order chi connectivity index (χ1) is 21.0. The quantitative estimate of drug-likeness (QED) is 0.190. The normalized spacial score (nSPS) is 25.6. The maximum atomic E-state index is 13.7. The lowest BCUT2D eigenvalue weighted by Crippen LogP contribution is -2.46. The van der Waals surface area contributed by atoms with Crippen molar-refractivity contribution < 1.29 is 29.0 Å². The van der Waals surface area contributed by atoms with Crippen LogP contribution in [0.1, 0.15) is 91.2 Å². The van der Waals surface area contributed by atoms with E-state index in [2.05, 4.69) is 0 Å². The number of benzene rings is 1. The number of aryl methyl sites for hydroxylation is 1. The third kappa shape index (κ3) is 7.70. The van der Waals surface area contributed by atoms with E-state index in [0.717, 1.165) is 54.5 Å². The molecular weight excluding hydrogens is 558 g/mol. The molecule has 1 aromatic heterocycles. The van der Waals surface area contributed by atoms with E-state index in [0.29, 0.717) is 17.1 Å². The van der Waals surface area contributed by atoms with Gasteiger partial charge in [0.25, 0.3) is 0 Å². The molecule has 6 atom stereocenters. The van der Waals surface area contributed by atoms with Gasteiger partial charge in [0.1, 0.15) is 23.8 Å². The number of aromatic nitrogens is 2. The molecule has 2 aromatic rings. The topological polar surface area (TPSA) is 119 Å². The van der Waals surface area contributed by atoms with Crippen molar-refractivity contribution in [2.75, 3.05) is 13.7 Å². The van der Waals surface area contributed by atoms with Crippen molar-refractivity contribution in [1.29, 1.82) is 0 Å². The van der Waals surface area contributed by atoms with E-state index in [1.807, 2.05) is 45.9 Å². The molecule has 240 valence electrons. The first-order valence-electron chi connectivity index (χ1n) is 16.5. The zero-order valence-corrected chi connectivity index (χ0v) is 27.0.